The van der Waals surface area contributed by atoms with Gasteiger partial charge in [0.25, 0.3) is 5.91 Å². The molecule has 1 saturated heterocycles. The summed E-state index contributed by atoms with van der Waals surface area (Å²) in [5.74, 6) is 0.461. The molecule has 0 spiro atoms. The Labute approximate surface area is 159 Å². The van der Waals surface area contributed by atoms with Gasteiger partial charge in [-0.05, 0) is 24.3 Å². The summed E-state index contributed by atoms with van der Waals surface area (Å²) < 4.78 is 6.33. The lowest BCUT2D eigenvalue weighted by Gasteiger charge is -2.11. The van der Waals surface area contributed by atoms with E-state index in [4.69, 9.17) is 40.2 Å². The van der Waals surface area contributed by atoms with Gasteiger partial charge in [-0.25, -0.2) is 0 Å². The smallest absolute Gasteiger partial charge is 0.263 e. The van der Waals surface area contributed by atoms with Crippen molar-refractivity contribution in [3.8, 4) is 5.75 Å². The maximum Gasteiger partial charge on any atom is 0.263 e. The summed E-state index contributed by atoms with van der Waals surface area (Å²) >= 11 is 18.3. The summed E-state index contributed by atoms with van der Waals surface area (Å²) in [5, 5.41) is 3.72. The molecule has 7 heteroatoms. The first-order valence-electron chi connectivity index (χ1n) is 6.93. The van der Waals surface area contributed by atoms with Crippen LogP contribution in [0.4, 0.5) is 0 Å². The molecular weight excluding hydrogens is 385 g/mol. The van der Waals surface area contributed by atoms with Gasteiger partial charge in [0, 0.05) is 21.2 Å². The maximum atomic E-state index is 11.8. The summed E-state index contributed by atoms with van der Waals surface area (Å²) in [6, 6.07) is 12.7. The van der Waals surface area contributed by atoms with Crippen LogP contribution in [0.1, 0.15) is 11.1 Å². The van der Waals surface area contributed by atoms with E-state index in [0.717, 1.165) is 11.1 Å². The first-order valence-corrected chi connectivity index (χ1v) is 8.91. The van der Waals surface area contributed by atoms with Gasteiger partial charge in [0.1, 0.15) is 16.7 Å². The SMILES string of the molecule is O=C1NC(=S)S/C1=C/c1ccccc1OCc1ccc(Cl)cc1Cl. The van der Waals surface area contributed by atoms with Crippen LogP contribution in [0, 0.1) is 0 Å². The van der Waals surface area contributed by atoms with Gasteiger partial charge < -0.3 is 10.1 Å². The van der Waals surface area contributed by atoms with Crippen LogP contribution in [-0.4, -0.2) is 10.2 Å². The van der Waals surface area contributed by atoms with Gasteiger partial charge in [0.15, 0.2) is 0 Å². The zero-order valence-corrected chi connectivity index (χ0v) is 15.4. The number of amides is 1. The topological polar surface area (TPSA) is 38.3 Å². The van der Waals surface area contributed by atoms with Crippen LogP contribution >= 0.6 is 47.2 Å². The van der Waals surface area contributed by atoms with Gasteiger partial charge in [-0.15, -0.1) is 0 Å². The van der Waals surface area contributed by atoms with Crippen LogP contribution in [0.3, 0.4) is 0 Å². The third kappa shape index (κ3) is 4.11. The van der Waals surface area contributed by atoms with Crippen molar-refractivity contribution in [1.29, 1.82) is 0 Å². The molecule has 0 aromatic heterocycles. The number of rotatable bonds is 4. The van der Waals surface area contributed by atoms with Gasteiger partial charge in [-0.1, -0.05) is 71.4 Å². The molecule has 0 aliphatic carbocycles. The molecule has 0 bridgehead atoms. The van der Waals surface area contributed by atoms with Gasteiger partial charge in [-0.2, -0.15) is 0 Å². The Bertz CT molecular complexity index is 852. The molecule has 0 unspecified atom stereocenters. The molecular formula is C17H11Cl2NO2S2. The molecule has 1 amide bonds. The molecule has 3 nitrogen and oxygen atoms in total. The van der Waals surface area contributed by atoms with Crippen molar-refractivity contribution in [1.82, 2.24) is 5.32 Å². The number of thioether (sulfide) groups is 1. The highest BCUT2D eigenvalue weighted by atomic mass is 35.5. The molecule has 2 aromatic rings. The fourth-order valence-electron chi connectivity index (χ4n) is 2.09. The van der Waals surface area contributed by atoms with E-state index in [1.807, 2.05) is 30.3 Å². The Hall–Kier alpha value is -1.53. The maximum absolute atomic E-state index is 11.8. The second-order valence-corrected chi connectivity index (χ2v) is 7.48. The molecule has 1 aliphatic heterocycles. The van der Waals surface area contributed by atoms with Gasteiger partial charge in [0.05, 0.1) is 4.91 Å². The van der Waals surface area contributed by atoms with Crippen LogP contribution in [0.5, 0.6) is 5.75 Å². The van der Waals surface area contributed by atoms with E-state index in [2.05, 4.69) is 5.32 Å². The zero-order chi connectivity index (χ0) is 17.1. The average molecular weight is 396 g/mol. The minimum Gasteiger partial charge on any atom is -0.488 e. The van der Waals surface area contributed by atoms with Crippen LogP contribution in [0.15, 0.2) is 47.4 Å². The average Bonchev–Trinajstić information content (AvgIpc) is 2.85. The second-order valence-electron chi connectivity index (χ2n) is 4.91. The number of hydrogen-bond donors (Lipinski definition) is 1. The van der Waals surface area contributed by atoms with Crippen molar-refractivity contribution < 1.29 is 9.53 Å². The largest absolute Gasteiger partial charge is 0.488 e. The van der Waals surface area contributed by atoms with Crippen LogP contribution in [-0.2, 0) is 11.4 Å². The molecule has 24 heavy (non-hydrogen) atoms. The lowest BCUT2D eigenvalue weighted by Crippen LogP contribution is -2.17. The predicted octanol–water partition coefficient (Wildman–Crippen LogP) is 5.06. The number of ether oxygens (including phenoxy) is 1. The van der Waals surface area contributed by atoms with Crippen molar-refractivity contribution >= 4 is 63.5 Å². The summed E-state index contributed by atoms with van der Waals surface area (Å²) in [6.45, 7) is 0.300. The molecule has 1 N–H and O–H groups in total. The molecule has 0 atom stereocenters. The normalized spacial score (nSPS) is 15.7. The molecule has 0 saturated carbocycles. The van der Waals surface area contributed by atoms with E-state index in [-0.39, 0.29) is 5.91 Å². The fourth-order valence-corrected chi connectivity index (χ4v) is 3.59. The Kier molecular flexibility index (Phi) is 5.46. The summed E-state index contributed by atoms with van der Waals surface area (Å²) in [4.78, 5) is 12.3. The van der Waals surface area contributed by atoms with Crippen molar-refractivity contribution in [2.45, 2.75) is 6.61 Å². The number of hydrogen-bond acceptors (Lipinski definition) is 4. The highest BCUT2D eigenvalue weighted by Gasteiger charge is 2.22. The van der Waals surface area contributed by atoms with Gasteiger partial charge in [0.2, 0.25) is 0 Å². The summed E-state index contributed by atoms with van der Waals surface area (Å²) in [5.41, 5.74) is 1.63. The zero-order valence-electron chi connectivity index (χ0n) is 12.2. The van der Waals surface area contributed by atoms with E-state index < -0.39 is 0 Å². The summed E-state index contributed by atoms with van der Waals surface area (Å²) in [6.07, 6.45) is 1.76. The first kappa shape index (κ1) is 17.3. The van der Waals surface area contributed by atoms with Crippen LogP contribution in [0.25, 0.3) is 6.08 Å². The molecule has 3 rings (SSSR count). The Morgan fingerprint density at radius 3 is 2.71 bits per heavy atom. The number of carbonyl (C=O) groups excluding carboxylic acids is 1. The predicted molar refractivity (Wildman–Crippen MR) is 104 cm³/mol. The van der Waals surface area contributed by atoms with Crippen molar-refractivity contribution in [3.63, 3.8) is 0 Å². The molecule has 122 valence electrons. The van der Waals surface area contributed by atoms with Crippen molar-refractivity contribution in [2.24, 2.45) is 0 Å². The third-order valence-corrected chi connectivity index (χ3v) is 5.00. The highest BCUT2D eigenvalue weighted by Crippen LogP contribution is 2.30. The van der Waals surface area contributed by atoms with E-state index >= 15 is 0 Å². The number of nitrogens with one attached hydrogen (secondary N) is 1. The second kappa shape index (κ2) is 7.57. The van der Waals surface area contributed by atoms with Crippen molar-refractivity contribution in [3.05, 3.63) is 68.5 Å². The monoisotopic (exact) mass is 395 g/mol. The van der Waals surface area contributed by atoms with E-state index in [9.17, 15) is 4.79 Å². The number of para-hydroxylation sites is 1. The lowest BCUT2D eigenvalue weighted by molar-refractivity contribution is -0.115. The van der Waals surface area contributed by atoms with E-state index in [0.29, 0.717) is 31.6 Å². The number of thiocarbonyl (C=S) groups is 1. The quantitative estimate of drug-likeness (QED) is 0.579. The minimum absolute atomic E-state index is 0.194. The van der Waals surface area contributed by atoms with Gasteiger partial charge in [-0.3, -0.25) is 4.79 Å². The minimum atomic E-state index is -0.194. The Balaban J connectivity index is 1.81. The number of benzene rings is 2. The highest BCUT2D eigenvalue weighted by molar-refractivity contribution is 8.26. The molecule has 1 heterocycles. The number of halogens is 2. The van der Waals surface area contributed by atoms with Crippen LogP contribution in [0.2, 0.25) is 10.0 Å². The molecule has 1 fully saturated rings. The number of carbonyl (C=O) groups is 1. The summed E-state index contributed by atoms with van der Waals surface area (Å²) in [7, 11) is 0. The van der Waals surface area contributed by atoms with Crippen LogP contribution < -0.4 is 10.1 Å². The van der Waals surface area contributed by atoms with Gasteiger partial charge >= 0.3 is 0 Å². The lowest BCUT2D eigenvalue weighted by atomic mass is 10.2. The third-order valence-electron chi connectivity index (χ3n) is 3.25. The first-order chi connectivity index (χ1) is 11.5. The van der Waals surface area contributed by atoms with E-state index in [1.165, 1.54) is 11.8 Å². The standard InChI is InChI=1S/C17H11Cl2NO2S2/c18-12-6-5-11(13(19)8-12)9-22-14-4-2-1-3-10(14)7-15-16(21)20-17(23)24-15/h1-8H,9H2,(H,20,21,23)/b15-7+. The molecule has 0 radical (unpaired) electrons. The Morgan fingerprint density at radius 1 is 1.21 bits per heavy atom. The van der Waals surface area contributed by atoms with E-state index in [1.54, 1.807) is 18.2 Å². The Morgan fingerprint density at radius 2 is 2.00 bits per heavy atom. The van der Waals surface area contributed by atoms with Crippen molar-refractivity contribution in [2.75, 3.05) is 0 Å². The fraction of sp³-hybridized carbons (Fsp3) is 0.0588. The molecule has 1 aliphatic rings. The molecule has 2 aromatic carbocycles.